The maximum atomic E-state index is 12.6. The summed E-state index contributed by atoms with van der Waals surface area (Å²) in [5.74, 6) is 2.66. The van der Waals surface area contributed by atoms with Gasteiger partial charge in [0.05, 0.1) is 24.8 Å². The van der Waals surface area contributed by atoms with Gasteiger partial charge in [-0.2, -0.15) is 10.1 Å². The fourth-order valence-electron chi connectivity index (χ4n) is 3.64. The molecule has 1 saturated heterocycles. The van der Waals surface area contributed by atoms with Crippen molar-refractivity contribution in [1.82, 2.24) is 24.8 Å². The Labute approximate surface area is 146 Å². The van der Waals surface area contributed by atoms with Crippen LogP contribution in [0, 0.1) is 12.8 Å². The Morgan fingerprint density at radius 1 is 1.44 bits per heavy atom. The lowest BCUT2D eigenvalue weighted by molar-refractivity contribution is -0.117. The van der Waals surface area contributed by atoms with Gasteiger partial charge in [-0.1, -0.05) is 5.16 Å². The molecule has 1 amide bonds. The molecule has 1 aliphatic heterocycles. The summed E-state index contributed by atoms with van der Waals surface area (Å²) in [6.45, 7) is 5.13. The average Bonchev–Trinajstić information content (AvgIpc) is 2.94. The summed E-state index contributed by atoms with van der Waals surface area (Å²) in [5, 5.41) is 11.4. The molecule has 2 aromatic heterocycles. The fourth-order valence-corrected chi connectivity index (χ4v) is 3.64. The molecule has 0 bridgehead atoms. The minimum absolute atomic E-state index is 0.0307. The van der Waals surface area contributed by atoms with Crippen LogP contribution in [0.2, 0.25) is 0 Å². The van der Waals surface area contributed by atoms with Crippen molar-refractivity contribution < 1.29 is 9.32 Å². The number of carbonyl (C=O) groups excluding carboxylic acids is 1. The van der Waals surface area contributed by atoms with Crippen LogP contribution < -0.4 is 5.32 Å². The first-order chi connectivity index (χ1) is 12.1. The number of nitrogens with zero attached hydrogens (tertiary/aromatic N) is 5. The zero-order valence-corrected chi connectivity index (χ0v) is 14.7. The van der Waals surface area contributed by atoms with Crippen LogP contribution in [-0.2, 0) is 4.79 Å². The molecule has 4 rings (SSSR count). The average molecular weight is 344 g/mol. The van der Waals surface area contributed by atoms with Crippen molar-refractivity contribution >= 4 is 11.7 Å². The van der Waals surface area contributed by atoms with Gasteiger partial charge < -0.3 is 9.84 Å². The molecule has 1 saturated carbocycles. The highest BCUT2D eigenvalue weighted by molar-refractivity contribution is 5.91. The van der Waals surface area contributed by atoms with Gasteiger partial charge in [0.1, 0.15) is 5.82 Å². The van der Waals surface area contributed by atoms with Gasteiger partial charge in [0.25, 0.3) is 0 Å². The van der Waals surface area contributed by atoms with E-state index in [9.17, 15) is 4.79 Å². The van der Waals surface area contributed by atoms with E-state index in [2.05, 4.69) is 32.4 Å². The molecule has 8 nitrogen and oxygen atoms in total. The Morgan fingerprint density at radius 2 is 2.28 bits per heavy atom. The summed E-state index contributed by atoms with van der Waals surface area (Å²) in [7, 11) is 0. The fraction of sp³-hybridized carbons (Fsp3) is 0.647. The third-order valence-corrected chi connectivity index (χ3v) is 5.18. The molecular formula is C17H24N6O2. The molecule has 0 aromatic carbocycles. The molecule has 2 aromatic rings. The highest BCUT2D eigenvalue weighted by Gasteiger charge is 2.32. The van der Waals surface area contributed by atoms with Crippen LogP contribution in [0.4, 0.5) is 5.82 Å². The largest absolute Gasteiger partial charge is 0.340 e. The molecule has 3 heterocycles. The van der Waals surface area contributed by atoms with E-state index in [0.29, 0.717) is 30.2 Å². The number of carbonyl (C=O) groups is 1. The van der Waals surface area contributed by atoms with Crippen molar-refractivity contribution in [1.29, 1.82) is 0 Å². The van der Waals surface area contributed by atoms with E-state index in [1.54, 1.807) is 13.1 Å². The number of aromatic nitrogens is 4. The monoisotopic (exact) mass is 344 g/mol. The van der Waals surface area contributed by atoms with Gasteiger partial charge in [-0.3, -0.25) is 9.69 Å². The second-order valence-corrected chi connectivity index (χ2v) is 7.09. The second kappa shape index (κ2) is 6.59. The number of amides is 1. The lowest BCUT2D eigenvalue weighted by Crippen LogP contribution is -2.34. The molecule has 2 fully saturated rings. The topological polar surface area (TPSA) is 89.1 Å². The number of anilines is 1. The Balaban J connectivity index is 1.40. The summed E-state index contributed by atoms with van der Waals surface area (Å²) in [6, 6.07) is 2.24. The minimum Gasteiger partial charge on any atom is -0.340 e. The van der Waals surface area contributed by atoms with E-state index in [1.807, 2.05) is 10.7 Å². The predicted molar refractivity (Wildman–Crippen MR) is 90.9 cm³/mol. The normalized spacial score (nSPS) is 22.2. The smallest absolute Gasteiger partial charge is 0.239 e. The van der Waals surface area contributed by atoms with E-state index in [1.165, 1.54) is 12.8 Å². The quantitative estimate of drug-likeness (QED) is 0.865. The predicted octanol–water partition coefficient (Wildman–Crippen LogP) is 2.32. The SMILES string of the molecule is Cc1nc([C@H]2CCCN2CC(=O)Nc2ccnn2[C@H](C)C2CC2)no1. The maximum absolute atomic E-state index is 12.6. The molecule has 2 atom stereocenters. The van der Waals surface area contributed by atoms with Gasteiger partial charge in [-0.05, 0) is 45.1 Å². The summed E-state index contributed by atoms with van der Waals surface area (Å²) in [4.78, 5) is 19.0. The van der Waals surface area contributed by atoms with Crippen LogP contribution in [0.3, 0.4) is 0 Å². The molecule has 2 aliphatic rings. The van der Waals surface area contributed by atoms with E-state index in [0.717, 1.165) is 25.2 Å². The molecule has 0 radical (unpaired) electrons. The van der Waals surface area contributed by atoms with Crippen LogP contribution in [-0.4, -0.2) is 43.8 Å². The van der Waals surface area contributed by atoms with Crippen LogP contribution in [0.25, 0.3) is 0 Å². The highest BCUT2D eigenvalue weighted by atomic mass is 16.5. The number of aryl methyl sites for hydroxylation is 1. The summed E-state index contributed by atoms with van der Waals surface area (Å²) < 4.78 is 7.02. The Kier molecular flexibility index (Phi) is 4.29. The van der Waals surface area contributed by atoms with E-state index < -0.39 is 0 Å². The lowest BCUT2D eigenvalue weighted by Gasteiger charge is -2.21. The van der Waals surface area contributed by atoms with E-state index in [4.69, 9.17) is 4.52 Å². The number of nitrogens with one attached hydrogen (secondary N) is 1. The molecule has 0 unspecified atom stereocenters. The van der Waals surface area contributed by atoms with Crippen LogP contribution in [0.1, 0.15) is 56.4 Å². The molecule has 134 valence electrons. The van der Waals surface area contributed by atoms with Crippen molar-refractivity contribution in [3.63, 3.8) is 0 Å². The molecule has 1 N–H and O–H groups in total. The molecular weight excluding hydrogens is 320 g/mol. The maximum Gasteiger partial charge on any atom is 0.239 e. The van der Waals surface area contributed by atoms with Crippen molar-refractivity contribution in [3.05, 3.63) is 24.0 Å². The first kappa shape index (κ1) is 16.3. The van der Waals surface area contributed by atoms with E-state index >= 15 is 0 Å². The minimum atomic E-state index is -0.0307. The van der Waals surface area contributed by atoms with Crippen LogP contribution in [0.5, 0.6) is 0 Å². The lowest BCUT2D eigenvalue weighted by atomic mass is 10.2. The molecule has 1 aliphatic carbocycles. The summed E-state index contributed by atoms with van der Waals surface area (Å²) in [5.41, 5.74) is 0. The molecule has 25 heavy (non-hydrogen) atoms. The highest BCUT2D eigenvalue weighted by Crippen LogP contribution is 2.40. The first-order valence-corrected chi connectivity index (χ1v) is 8.99. The Hall–Kier alpha value is -2.22. The first-order valence-electron chi connectivity index (χ1n) is 8.99. The number of hydrogen-bond acceptors (Lipinski definition) is 6. The third-order valence-electron chi connectivity index (χ3n) is 5.18. The van der Waals surface area contributed by atoms with Crippen LogP contribution >= 0.6 is 0 Å². The zero-order chi connectivity index (χ0) is 17.4. The standard InChI is InChI=1S/C17H24N6O2/c1-11(13-5-6-13)23-15(7-8-18-23)20-16(24)10-22-9-3-4-14(22)17-19-12(2)25-21-17/h7-8,11,13-14H,3-6,9-10H2,1-2H3,(H,20,24)/t11-,14-/m1/s1. The Bertz CT molecular complexity index is 750. The zero-order valence-electron chi connectivity index (χ0n) is 14.7. The number of rotatable bonds is 6. The van der Waals surface area contributed by atoms with Gasteiger partial charge in [0.15, 0.2) is 5.82 Å². The van der Waals surface area contributed by atoms with Crippen molar-refractivity contribution in [3.8, 4) is 0 Å². The number of hydrogen-bond donors (Lipinski definition) is 1. The van der Waals surface area contributed by atoms with Crippen LogP contribution in [0.15, 0.2) is 16.8 Å². The summed E-state index contributed by atoms with van der Waals surface area (Å²) in [6.07, 6.45) is 6.21. The van der Waals surface area contributed by atoms with Crippen molar-refractivity contribution in [2.75, 3.05) is 18.4 Å². The van der Waals surface area contributed by atoms with E-state index in [-0.39, 0.29) is 11.9 Å². The van der Waals surface area contributed by atoms with Gasteiger partial charge in [0, 0.05) is 13.0 Å². The summed E-state index contributed by atoms with van der Waals surface area (Å²) >= 11 is 0. The van der Waals surface area contributed by atoms with Crippen molar-refractivity contribution in [2.45, 2.75) is 51.6 Å². The van der Waals surface area contributed by atoms with Gasteiger partial charge in [-0.15, -0.1) is 0 Å². The third kappa shape index (κ3) is 3.44. The molecule has 8 heteroatoms. The van der Waals surface area contributed by atoms with Gasteiger partial charge >= 0.3 is 0 Å². The molecule has 0 spiro atoms. The second-order valence-electron chi connectivity index (χ2n) is 7.09. The number of likely N-dealkylation sites (tertiary alicyclic amines) is 1. The Morgan fingerprint density at radius 3 is 3.00 bits per heavy atom. The van der Waals surface area contributed by atoms with Gasteiger partial charge in [-0.25, -0.2) is 4.68 Å². The van der Waals surface area contributed by atoms with Crippen molar-refractivity contribution in [2.24, 2.45) is 5.92 Å². The van der Waals surface area contributed by atoms with Gasteiger partial charge in [0.2, 0.25) is 11.8 Å².